The smallest absolute Gasteiger partial charge is 0.450 e. The first-order valence-corrected chi connectivity index (χ1v) is 19.6. The van der Waals surface area contributed by atoms with Crippen LogP contribution in [0.1, 0.15) is 91.0 Å². The summed E-state index contributed by atoms with van der Waals surface area (Å²) in [5.74, 6) is -13.9. The predicted octanol–water partition coefficient (Wildman–Crippen LogP) is 8.32. The van der Waals surface area contributed by atoms with Crippen LogP contribution in [-0.4, -0.2) is 37.6 Å². The highest BCUT2D eigenvalue weighted by Crippen LogP contribution is 2.59. The van der Waals surface area contributed by atoms with Crippen molar-refractivity contribution >= 4 is 38.7 Å². The van der Waals surface area contributed by atoms with Crippen molar-refractivity contribution in [3.63, 3.8) is 0 Å². The summed E-state index contributed by atoms with van der Waals surface area (Å²) in [6.07, 6.45) is 1.73. The number of hydrogen-bond acceptors (Lipinski definition) is 10. The maximum atomic E-state index is 16.0. The van der Waals surface area contributed by atoms with Gasteiger partial charge in [0.05, 0.1) is 16.7 Å². The van der Waals surface area contributed by atoms with Crippen LogP contribution in [0.3, 0.4) is 0 Å². The molecule has 1 atom stereocenters. The van der Waals surface area contributed by atoms with E-state index in [1.54, 1.807) is 12.1 Å². The highest BCUT2D eigenvalue weighted by Gasteiger charge is 2.57. The third-order valence-electron chi connectivity index (χ3n) is 11.0. The van der Waals surface area contributed by atoms with Gasteiger partial charge in [0.1, 0.15) is 17.0 Å². The van der Waals surface area contributed by atoms with Gasteiger partial charge in [-0.3, -0.25) is 9.59 Å². The van der Waals surface area contributed by atoms with Gasteiger partial charge in [-0.25, -0.2) is 22.8 Å². The van der Waals surface area contributed by atoms with E-state index >= 15 is 17.6 Å². The number of fused-ring (bicyclic) bond motifs is 7. The lowest BCUT2D eigenvalue weighted by Gasteiger charge is -2.37. The minimum absolute atomic E-state index is 0.0642. The van der Waals surface area contributed by atoms with E-state index in [4.69, 9.17) is 13.9 Å². The molecule has 3 heterocycles. The molecule has 312 valence electrons. The van der Waals surface area contributed by atoms with Crippen LogP contribution >= 0.6 is 0 Å². The maximum absolute atomic E-state index is 16.0. The summed E-state index contributed by atoms with van der Waals surface area (Å²) in [4.78, 5) is 52.9. The molecule has 4 aromatic carbocycles. The number of benzene rings is 4. The van der Waals surface area contributed by atoms with Gasteiger partial charge in [0.25, 0.3) is 5.91 Å². The van der Waals surface area contributed by atoms with Crippen molar-refractivity contribution in [2.45, 2.75) is 63.1 Å². The molecule has 1 fully saturated rings. The van der Waals surface area contributed by atoms with Crippen LogP contribution in [-0.2, 0) is 20.5 Å². The van der Waals surface area contributed by atoms with Gasteiger partial charge in [-0.1, -0.05) is 18.2 Å². The quantitative estimate of drug-likeness (QED) is 0.0422. The molecule has 1 amide bonds. The molecule has 5 aromatic rings. The molecule has 8 rings (SSSR count). The number of aryl methyl sites for hydroxylation is 1. The SMILES string of the molecule is Cc1ccc2cc(C(=O)NC3CCC(CC(=O)c4ccc5c(c4)C4(OC5=O)c5cc(F)c(C)c(F)c5Oc5c4cc(F)c(OS(=O)(=O)C(F)(F)F)c5F)CC3)c(=O)oc2c1. The average Bonchev–Trinajstić information content (AvgIpc) is 3.48. The minimum atomic E-state index is -6.66. The molecule has 0 bridgehead atoms. The molecule has 3 aliphatic rings. The Morgan fingerprint density at radius 3 is 2.20 bits per heavy atom. The number of carbonyl (C=O) groups is 3. The van der Waals surface area contributed by atoms with Crippen LogP contribution in [0.4, 0.5) is 30.7 Å². The molecule has 1 aliphatic carbocycles. The van der Waals surface area contributed by atoms with Crippen LogP contribution in [0.2, 0.25) is 0 Å². The van der Waals surface area contributed by atoms with Crippen LogP contribution in [0.25, 0.3) is 11.0 Å². The maximum Gasteiger partial charge on any atom is 0.534 e. The van der Waals surface area contributed by atoms with Gasteiger partial charge in [-0.2, -0.15) is 26.0 Å². The van der Waals surface area contributed by atoms with Gasteiger partial charge in [0.15, 0.2) is 34.5 Å². The van der Waals surface area contributed by atoms with E-state index in [2.05, 4.69) is 9.50 Å². The number of halogens is 7. The number of esters is 1. The Morgan fingerprint density at radius 2 is 1.52 bits per heavy atom. The number of ether oxygens (including phenoxy) is 2. The Bertz CT molecular complexity index is 2890. The average molecular weight is 860 g/mol. The van der Waals surface area contributed by atoms with Crippen molar-refractivity contribution in [3.05, 3.63) is 133 Å². The van der Waals surface area contributed by atoms with E-state index in [0.29, 0.717) is 42.7 Å². The summed E-state index contributed by atoms with van der Waals surface area (Å²) in [7, 11) is -6.66. The second-order valence-corrected chi connectivity index (χ2v) is 16.3. The third-order valence-corrected chi connectivity index (χ3v) is 11.9. The van der Waals surface area contributed by atoms with E-state index in [1.165, 1.54) is 12.1 Å². The number of rotatable bonds is 7. The number of alkyl halides is 3. The zero-order valence-electron chi connectivity index (χ0n) is 31.0. The Balaban J connectivity index is 1.08. The molecule has 19 heteroatoms. The fourth-order valence-corrected chi connectivity index (χ4v) is 8.31. The van der Waals surface area contributed by atoms with Gasteiger partial charge in [-0.05, 0) is 87.4 Å². The summed E-state index contributed by atoms with van der Waals surface area (Å²) >= 11 is 0. The molecule has 60 heavy (non-hydrogen) atoms. The topological polar surface area (TPSA) is 155 Å². The lowest BCUT2D eigenvalue weighted by atomic mass is 9.76. The van der Waals surface area contributed by atoms with Crippen LogP contribution in [0, 0.1) is 43.0 Å². The number of nitrogens with one attached hydrogen (secondary N) is 1. The van der Waals surface area contributed by atoms with E-state index in [9.17, 15) is 40.8 Å². The fourth-order valence-electron chi connectivity index (χ4n) is 7.85. The Labute approximate surface area is 334 Å². The van der Waals surface area contributed by atoms with Crippen LogP contribution in [0.5, 0.6) is 17.2 Å². The lowest BCUT2D eigenvalue weighted by Crippen LogP contribution is -2.39. The Kier molecular flexibility index (Phi) is 9.60. The number of Topliss-reactive ketones (excluding diaryl/α,β-unsaturated/α-hetero) is 1. The van der Waals surface area contributed by atoms with Crippen LogP contribution in [0.15, 0.2) is 63.8 Å². The van der Waals surface area contributed by atoms with Gasteiger partial charge >= 0.3 is 27.2 Å². The van der Waals surface area contributed by atoms with Gasteiger partial charge < -0.3 is 23.4 Å². The standard InChI is InChI=1S/C41H28F7NO10S/c1-17-3-6-21-13-24(38(52)56-31(21)11-17)37(51)49-22-8-4-19(5-9-22)12-30(50)20-7-10-23-25(14-20)40(58-39(23)53)26-15-28(42)18(2)32(44)34(26)57-35-27(40)16-29(43)36(33(35)45)59-60(54,55)41(46,47)48/h3,6-7,10-11,13-16,19,22H,4-5,8-9,12H2,1-2H3,(H,49,51). The monoisotopic (exact) mass is 859 g/mol. The first kappa shape index (κ1) is 40.5. The molecule has 1 N–H and O–H groups in total. The van der Waals surface area contributed by atoms with Crippen molar-refractivity contribution in [1.29, 1.82) is 0 Å². The van der Waals surface area contributed by atoms with Crippen molar-refractivity contribution in [2.24, 2.45) is 5.92 Å². The van der Waals surface area contributed by atoms with E-state index in [0.717, 1.165) is 24.6 Å². The van der Waals surface area contributed by atoms with Crippen molar-refractivity contribution < 1.29 is 71.6 Å². The number of carbonyl (C=O) groups excluding carboxylic acids is 3. The van der Waals surface area contributed by atoms with Crippen LogP contribution < -0.4 is 19.9 Å². The molecule has 0 saturated heterocycles. The molecule has 1 aromatic heterocycles. The number of hydrogen-bond donors (Lipinski definition) is 1. The first-order valence-electron chi connectivity index (χ1n) is 18.2. The summed E-state index contributed by atoms with van der Waals surface area (Å²) < 4.78 is 146. The van der Waals surface area contributed by atoms with Gasteiger partial charge in [0.2, 0.25) is 11.6 Å². The van der Waals surface area contributed by atoms with Gasteiger partial charge in [0, 0.05) is 34.5 Å². The zero-order chi connectivity index (χ0) is 43.2. The number of amides is 1. The molecular weight excluding hydrogens is 832 g/mol. The highest BCUT2D eigenvalue weighted by molar-refractivity contribution is 7.88. The largest absolute Gasteiger partial charge is 0.534 e. The predicted molar refractivity (Wildman–Crippen MR) is 194 cm³/mol. The summed E-state index contributed by atoms with van der Waals surface area (Å²) in [6, 6.07) is 10.8. The molecule has 0 radical (unpaired) electrons. The molecule has 2 aliphatic heterocycles. The van der Waals surface area contributed by atoms with Crippen molar-refractivity contribution in [1.82, 2.24) is 5.32 Å². The van der Waals surface area contributed by atoms with Gasteiger partial charge in [-0.15, -0.1) is 0 Å². The van der Waals surface area contributed by atoms with Crippen molar-refractivity contribution in [2.75, 3.05) is 0 Å². The Hall–Kier alpha value is -6.24. The highest BCUT2D eigenvalue weighted by atomic mass is 32.2. The summed E-state index contributed by atoms with van der Waals surface area (Å²) in [5.41, 5.74) is -11.5. The Morgan fingerprint density at radius 1 is 0.850 bits per heavy atom. The fraction of sp³-hybridized carbons (Fsp3) is 0.268. The normalized spacial score (nSPS) is 19.6. The van der Waals surface area contributed by atoms with Crippen molar-refractivity contribution in [3.8, 4) is 17.2 Å². The first-order chi connectivity index (χ1) is 28.2. The van der Waals surface area contributed by atoms with E-state index in [1.807, 2.05) is 13.0 Å². The summed E-state index contributed by atoms with van der Waals surface area (Å²) in [5, 5.41) is 3.42. The number of ketones is 1. The molecule has 1 unspecified atom stereocenters. The molecule has 1 saturated carbocycles. The van der Waals surface area contributed by atoms with E-state index < -0.39 is 102 Å². The molecule has 1 spiro atoms. The zero-order valence-corrected chi connectivity index (χ0v) is 31.8. The lowest BCUT2D eigenvalue weighted by molar-refractivity contribution is -0.0502. The second-order valence-electron chi connectivity index (χ2n) is 14.8. The minimum Gasteiger partial charge on any atom is -0.450 e. The van der Waals surface area contributed by atoms with E-state index in [-0.39, 0.29) is 46.7 Å². The molecular formula is C41H28F7NO10S. The molecule has 11 nitrogen and oxygen atoms in total. The second kappa shape index (κ2) is 14.2. The summed E-state index contributed by atoms with van der Waals surface area (Å²) in [6.45, 7) is 2.79. The third kappa shape index (κ3) is 6.54.